The number of benzene rings is 1. The third-order valence-corrected chi connectivity index (χ3v) is 3.54. The van der Waals surface area contributed by atoms with Gasteiger partial charge in [-0.25, -0.2) is 0 Å². The molecule has 1 fully saturated rings. The lowest BCUT2D eigenvalue weighted by atomic mass is 10.0. The van der Waals surface area contributed by atoms with Crippen molar-refractivity contribution in [1.29, 1.82) is 0 Å². The number of halogens is 1. The van der Waals surface area contributed by atoms with Gasteiger partial charge in [-0.1, -0.05) is 30.3 Å². The minimum atomic E-state index is 0. The number of piperidine rings is 1. The highest BCUT2D eigenvalue weighted by Gasteiger charge is 2.20. The smallest absolute Gasteiger partial charge is 0.0233 e. The van der Waals surface area contributed by atoms with Crippen LogP contribution in [0.4, 0.5) is 0 Å². The Bertz CT molecular complexity index is 305. The Labute approximate surface area is 111 Å². The first kappa shape index (κ1) is 14.5. The number of nitrogens with zero attached hydrogens (tertiary/aromatic N) is 2. The Balaban J connectivity index is 0.00000144. The molecule has 0 bridgehead atoms. The van der Waals surface area contributed by atoms with Crippen molar-refractivity contribution in [3.63, 3.8) is 0 Å². The lowest BCUT2D eigenvalue weighted by molar-refractivity contribution is -0.00000343. The summed E-state index contributed by atoms with van der Waals surface area (Å²) in [6.45, 7) is 3.58. The molecule has 1 heterocycles. The molecule has 1 aliphatic rings. The molecule has 1 aromatic rings. The molecule has 17 heavy (non-hydrogen) atoms. The Morgan fingerprint density at radius 2 is 1.71 bits per heavy atom. The molecule has 0 spiro atoms. The van der Waals surface area contributed by atoms with Gasteiger partial charge >= 0.3 is 0 Å². The van der Waals surface area contributed by atoms with Crippen LogP contribution in [0, 0.1) is 0 Å². The fourth-order valence-corrected chi connectivity index (χ4v) is 2.44. The normalized spacial score (nSPS) is 18.1. The average molecular weight is 254 g/mol. The fourth-order valence-electron chi connectivity index (χ4n) is 2.44. The van der Waals surface area contributed by atoms with E-state index in [1.165, 1.54) is 31.5 Å². The highest BCUT2D eigenvalue weighted by Crippen LogP contribution is 2.16. The van der Waals surface area contributed by atoms with Crippen molar-refractivity contribution in [3.8, 4) is 0 Å². The summed E-state index contributed by atoms with van der Waals surface area (Å²) in [5.41, 5.74) is 1.44. The summed E-state index contributed by atoms with van der Waals surface area (Å²) in [5.74, 6) is 0. The molecule has 3 heteroatoms. The van der Waals surface area contributed by atoms with Gasteiger partial charge in [-0.2, -0.15) is 0 Å². The Morgan fingerprint density at radius 1 is 1.12 bits per heavy atom. The van der Waals surface area contributed by atoms with Crippen LogP contribution < -0.4 is 12.4 Å². The standard InChI is InChI=1S/C14H22N2.ClH/c1-15(2)14-8-10-16(11-9-14)12-13-6-4-3-5-7-13;/h3-7,14H,8-12H2,1-2H3;1H/p-1. The number of likely N-dealkylation sites (tertiary alicyclic amines) is 1. The minimum absolute atomic E-state index is 0. The van der Waals surface area contributed by atoms with E-state index in [0.29, 0.717) is 0 Å². The molecule has 0 atom stereocenters. The molecule has 1 aliphatic heterocycles. The molecule has 0 aromatic heterocycles. The zero-order valence-electron chi connectivity index (χ0n) is 10.8. The quantitative estimate of drug-likeness (QED) is 0.697. The minimum Gasteiger partial charge on any atom is -1.00 e. The van der Waals surface area contributed by atoms with Crippen molar-refractivity contribution in [1.82, 2.24) is 9.80 Å². The van der Waals surface area contributed by atoms with Crippen LogP contribution in [0.5, 0.6) is 0 Å². The maximum Gasteiger partial charge on any atom is 0.0233 e. The lowest BCUT2D eigenvalue weighted by Crippen LogP contribution is -3.00. The third-order valence-electron chi connectivity index (χ3n) is 3.54. The topological polar surface area (TPSA) is 6.48 Å². The van der Waals surface area contributed by atoms with Crippen LogP contribution in [0.1, 0.15) is 18.4 Å². The van der Waals surface area contributed by atoms with E-state index in [2.05, 4.69) is 54.2 Å². The number of rotatable bonds is 3. The van der Waals surface area contributed by atoms with Gasteiger partial charge in [-0.05, 0) is 45.6 Å². The first-order valence-electron chi connectivity index (χ1n) is 6.18. The van der Waals surface area contributed by atoms with Gasteiger partial charge in [0, 0.05) is 12.6 Å². The lowest BCUT2D eigenvalue weighted by Gasteiger charge is -2.35. The highest BCUT2D eigenvalue weighted by atomic mass is 35.5. The van der Waals surface area contributed by atoms with Crippen LogP contribution in [0.15, 0.2) is 30.3 Å². The van der Waals surface area contributed by atoms with E-state index in [9.17, 15) is 0 Å². The molecule has 0 saturated carbocycles. The molecule has 2 rings (SSSR count). The van der Waals surface area contributed by atoms with Crippen LogP contribution >= 0.6 is 0 Å². The van der Waals surface area contributed by atoms with Gasteiger partial charge < -0.3 is 17.3 Å². The van der Waals surface area contributed by atoms with E-state index in [4.69, 9.17) is 0 Å². The van der Waals surface area contributed by atoms with Gasteiger partial charge in [-0.15, -0.1) is 0 Å². The third kappa shape index (κ3) is 4.30. The zero-order valence-corrected chi connectivity index (χ0v) is 11.5. The van der Waals surface area contributed by atoms with Crippen LogP contribution in [0.2, 0.25) is 0 Å². The summed E-state index contributed by atoms with van der Waals surface area (Å²) in [4.78, 5) is 4.93. The summed E-state index contributed by atoms with van der Waals surface area (Å²) < 4.78 is 0. The first-order chi connectivity index (χ1) is 7.75. The van der Waals surface area contributed by atoms with Gasteiger partial charge in [0.15, 0.2) is 0 Å². The molecular formula is C14H22ClN2-. The molecular weight excluding hydrogens is 232 g/mol. The van der Waals surface area contributed by atoms with E-state index in [0.717, 1.165) is 12.6 Å². The van der Waals surface area contributed by atoms with Crippen molar-refractivity contribution in [2.45, 2.75) is 25.4 Å². The SMILES string of the molecule is CN(C)C1CCN(Cc2ccccc2)CC1.[Cl-]. The maximum atomic E-state index is 2.56. The van der Waals surface area contributed by atoms with Gasteiger partial charge in [0.25, 0.3) is 0 Å². The Kier molecular flexibility index (Phi) is 5.96. The predicted octanol–water partition coefficient (Wildman–Crippen LogP) is -0.783. The molecule has 0 N–H and O–H groups in total. The Hall–Kier alpha value is -0.570. The van der Waals surface area contributed by atoms with Crippen molar-refractivity contribution >= 4 is 0 Å². The van der Waals surface area contributed by atoms with E-state index >= 15 is 0 Å². The number of hydrogen-bond acceptors (Lipinski definition) is 2. The largest absolute Gasteiger partial charge is 1.00 e. The highest BCUT2D eigenvalue weighted by molar-refractivity contribution is 5.14. The van der Waals surface area contributed by atoms with E-state index < -0.39 is 0 Å². The van der Waals surface area contributed by atoms with E-state index in [1.807, 2.05) is 0 Å². The zero-order chi connectivity index (χ0) is 11.4. The van der Waals surface area contributed by atoms with E-state index in [-0.39, 0.29) is 12.4 Å². The monoisotopic (exact) mass is 253 g/mol. The van der Waals surface area contributed by atoms with Crippen molar-refractivity contribution in [2.75, 3.05) is 27.2 Å². The van der Waals surface area contributed by atoms with Crippen molar-refractivity contribution in [2.24, 2.45) is 0 Å². The average Bonchev–Trinajstić information content (AvgIpc) is 2.31. The molecule has 1 saturated heterocycles. The molecule has 2 nitrogen and oxygen atoms in total. The molecule has 0 unspecified atom stereocenters. The van der Waals surface area contributed by atoms with E-state index in [1.54, 1.807) is 0 Å². The van der Waals surface area contributed by atoms with Crippen LogP contribution in [-0.4, -0.2) is 43.0 Å². The predicted molar refractivity (Wildman–Crippen MR) is 68.4 cm³/mol. The summed E-state index contributed by atoms with van der Waals surface area (Å²) in [6, 6.07) is 11.6. The summed E-state index contributed by atoms with van der Waals surface area (Å²) in [7, 11) is 4.38. The summed E-state index contributed by atoms with van der Waals surface area (Å²) in [5, 5.41) is 0. The molecule has 0 aliphatic carbocycles. The second-order valence-corrected chi connectivity index (χ2v) is 4.96. The molecule has 1 aromatic carbocycles. The van der Waals surface area contributed by atoms with Gasteiger partial charge in [0.05, 0.1) is 0 Å². The first-order valence-corrected chi connectivity index (χ1v) is 6.18. The second-order valence-electron chi connectivity index (χ2n) is 4.96. The number of hydrogen-bond donors (Lipinski definition) is 0. The molecule has 96 valence electrons. The van der Waals surface area contributed by atoms with Gasteiger partial charge in [-0.3, -0.25) is 4.90 Å². The summed E-state index contributed by atoms with van der Waals surface area (Å²) in [6.07, 6.45) is 2.61. The molecule has 0 radical (unpaired) electrons. The fraction of sp³-hybridized carbons (Fsp3) is 0.571. The second kappa shape index (κ2) is 7.00. The molecule has 0 amide bonds. The van der Waals surface area contributed by atoms with Gasteiger partial charge in [0.2, 0.25) is 0 Å². The van der Waals surface area contributed by atoms with Gasteiger partial charge in [0.1, 0.15) is 0 Å². The van der Waals surface area contributed by atoms with Crippen molar-refractivity contribution < 1.29 is 12.4 Å². The van der Waals surface area contributed by atoms with Crippen LogP contribution in [0.25, 0.3) is 0 Å². The maximum absolute atomic E-state index is 2.56. The van der Waals surface area contributed by atoms with Crippen LogP contribution in [-0.2, 0) is 6.54 Å². The Morgan fingerprint density at radius 3 is 2.24 bits per heavy atom. The van der Waals surface area contributed by atoms with Crippen molar-refractivity contribution in [3.05, 3.63) is 35.9 Å². The summed E-state index contributed by atoms with van der Waals surface area (Å²) >= 11 is 0. The van der Waals surface area contributed by atoms with Crippen LogP contribution in [0.3, 0.4) is 0 Å².